The third-order valence-corrected chi connectivity index (χ3v) is 3.26. The van der Waals surface area contributed by atoms with Crippen molar-refractivity contribution >= 4 is 17.3 Å². The Hall–Kier alpha value is -1.47. The summed E-state index contributed by atoms with van der Waals surface area (Å²) < 4.78 is 0. The molecule has 0 heterocycles. The van der Waals surface area contributed by atoms with E-state index in [9.17, 15) is 0 Å². The van der Waals surface area contributed by atoms with Gasteiger partial charge >= 0.3 is 0 Å². The van der Waals surface area contributed by atoms with Gasteiger partial charge in [0.2, 0.25) is 0 Å². The molecule has 0 bridgehead atoms. The summed E-state index contributed by atoms with van der Waals surface area (Å²) in [6.45, 7) is 4.13. The zero-order chi connectivity index (χ0) is 12.4. The molecule has 1 nitrogen and oxygen atoms in total. The maximum atomic E-state index is 6.23. The summed E-state index contributed by atoms with van der Waals surface area (Å²) in [4.78, 5) is 0. The van der Waals surface area contributed by atoms with E-state index in [-0.39, 0.29) is 0 Å². The number of hydrogen-bond acceptors (Lipinski definition) is 1. The number of aryl methyl sites for hydroxylation is 2. The zero-order valence-corrected chi connectivity index (χ0v) is 10.9. The monoisotopic (exact) mass is 245 g/mol. The highest BCUT2D eigenvalue weighted by Crippen LogP contribution is 2.27. The number of nitrogen functional groups attached to an aromatic ring is 1. The van der Waals surface area contributed by atoms with Crippen LogP contribution in [0.25, 0.3) is 0 Å². The van der Waals surface area contributed by atoms with E-state index >= 15 is 0 Å². The first-order valence-electron chi connectivity index (χ1n) is 5.66. The Morgan fingerprint density at radius 1 is 1.06 bits per heavy atom. The summed E-state index contributed by atoms with van der Waals surface area (Å²) in [5.41, 5.74) is 11.3. The van der Waals surface area contributed by atoms with Gasteiger partial charge in [-0.3, -0.25) is 0 Å². The van der Waals surface area contributed by atoms with Crippen molar-refractivity contribution in [3.05, 3.63) is 63.7 Å². The molecule has 2 heteroatoms. The number of nitrogens with two attached hydrogens (primary N) is 1. The summed E-state index contributed by atoms with van der Waals surface area (Å²) in [5, 5.41) is 0.678. The summed E-state index contributed by atoms with van der Waals surface area (Å²) >= 11 is 6.23. The van der Waals surface area contributed by atoms with Crippen molar-refractivity contribution in [1.82, 2.24) is 0 Å². The van der Waals surface area contributed by atoms with Gasteiger partial charge in [0.25, 0.3) is 0 Å². The Morgan fingerprint density at radius 3 is 2.53 bits per heavy atom. The van der Waals surface area contributed by atoms with Crippen LogP contribution in [-0.2, 0) is 6.42 Å². The van der Waals surface area contributed by atoms with Crippen molar-refractivity contribution < 1.29 is 0 Å². The highest BCUT2D eigenvalue weighted by molar-refractivity contribution is 6.33. The van der Waals surface area contributed by atoms with E-state index in [4.69, 9.17) is 17.3 Å². The highest BCUT2D eigenvalue weighted by Gasteiger charge is 2.06. The van der Waals surface area contributed by atoms with Crippen LogP contribution in [0.2, 0.25) is 5.02 Å². The molecule has 0 saturated heterocycles. The van der Waals surface area contributed by atoms with Gasteiger partial charge in [0.05, 0.1) is 10.7 Å². The summed E-state index contributed by atoms with van der Waals surface area (Å²) in [6, 6.07) is 12.5. The number of rotatable bonds is 2. The molecule has 0 amide bonds. The van der Waals surface area contributed by atoms with E-state index < -0.39 is 0 Å². The number of hydrogen-bond donors (Lipinski definition) is 1. The van der Waals surface area contributed by atoms with Gasteiger partial charge in [0, 0.05) is 0 Å². The second-order valence-corrected chi connectivity index (χ2v) is 4.87. The van der Waals surface area contributed by atoms with Gasteiger partial charge in [-0.2, -0.15) is 0 Å². The third kappa shape index (κ3) is 2.80. The molecule has 0 aliphatic carbocycles. The Kier molecular flexibility index (Phi) is 3.39. The topological polar surface area (TPSA) is 26.0 Å². The van der Waals surface area contributed by atoms with Gasteiger partial charge in [-0.05, 0) is 43.0 Å². The third-order valence-electron chi connectivity index (χ3n) is 2.80. The van der Waals surface area contributed by atoms with Crippen molar-refractivity contribution in [2.24, 2.45) is 0 Å². The second kappa shape index (κ2) is 4.80. The lowest BCUT2D eigenvalue weighted by molar-refractivity contribution is 1.17. The van der Waals surface area contributed by atoms with Gasteiger partial charge in [-0.15, -0.1) is 0 Å². The van der Waals surface area contributed by atoms with Crippen LogP contribution in [0.3, 0.4) is 0 Å². The van der Waals surface area contributed by atoms with Gasteiger partial charge in [-0.25, -0.2) is 0 Å². The SMILES string of the molecule is Cc1cccc(Cc2cc(C)cc(N)c2Cl)c1. The molecule has 0 fully saturated rings. The first-order chi connectivity index (χ1) is 8.06. The van der Waals surface area contributed by atoms with Gasteiger partial charge < -0.3 is 5.73 Å². The normalized spacial score (nSPS) is 10.5. The fraction of sp³-hybridized carbons (Fsp3) is 0.200. The van der Waals surface area contributed by atoms with E-state index in [0.29, 0.717) is 10.7 Å². The predicted octanol–water partition coefficient (Wildman–Crippen LogP) is 4.13. The first-order valence-corrected chi connectivity index (χ1v) is 6.04. The van der Waals surface area contributed by atoms with E-state index in [2.05, 4.69) is 37.3 Å². The standard InChI is InChI=1S/C15H16ClN/c1-10-4-3-5-12(6-10)9-13-7-11(2)8-14(17)15(13)16/h3-8H,9,17H2,1-2H3. The van der Waals surface area contributed by atoms with Gasteiger partial charge in [-0.1, -0.05) is 47.5 Å². The Balaban J connectivity index is 2.36. The molecule has 0 atom stereocenters. The average Bonchev–Trinajstić information content (AvgIpc) is 2.25. The maximum Gasteiger partial charge on any atom is 0.0670 e. The molecule has 0 aromatic heterocycles. The molecular formula is C15H16ClN. The average molecular weight is 246 g/mol. The molecule has 0 unspecified atom stereocenters. The number of anilines is 1. The molecule has 2 N–H and O–H groups in total. The maximum absolute atomic E-state index is 6.23. The fourth-order valence-corrected chi connectivity index (χ4v) is 2.22. The van der Waals surface area contributed by atoms with Crippen LogP contribution < -0.4 is 5.73 Å². The second-order valence-electron chi connectivity index (χ2n) is 4.49. The van der Waals surface area contributed by atoms with E-state index in [1.165, 1.54) is 11.1 Å². The lowest BCUT2D eigenvalue weighted by atomic mass is 10.0. The largest absolute Gasteiger partial charge is 0.398 e. The summed E-state index contributed by atoms with van der Waals surface area (Å²) in [6.07, 6.45) is 0.826. The molecular weight excluding hydrogens is 230 g/mol. The predicted molar refractivity (Wildman–Crippen MR) is 74.6 cm³/mol. The van der Waals surface area contributed by atoms with E-state index in [1.807, 2.05) is 13.0 Å². The Labute approximate surface area is 107 Å². The Morgan fingerprint density at radius 2 is 1.82 bits per heavy atom. The molecule has 0 radical (unpaired) electrons. The minimum atomic E-state index is 0.661. The van der Waals surface area contributed by atoms with Crippen LogP contribution in [0.4, 0.5) is 5.69 Å². The van der Waals surface area contributed by atoms with Crippen molar-refractivity contribution in [2.75, 3.05) is 5.73 Å². The van der Waals surface area contributed by atoms with Gasteiger partial charge in [0.1, 0.15) is 0 Å². The molecule has 0 aliphatic heterocycles. The van der Waals surface area contributed by atoms with E-state index in [0.717, 1.165) is 17.5 Å². The Bertz CT molecular complexity index is 547. The van der Waals surface area contributed by atoms with Crippen molar-refractivity contribution in [2.45, 2.75) is 20.3 Å². The molecule has 2 aromatic carbocycles. The van der Waals surface area contributed by atoms with Crippen molar-refractivity contribution in [1.29, 1.82) is 0 Å². The molecule has 17 heavy (non-hydrogen) atoms. The number of benzene rings is 2. The first kappa shape index (κ1) is 12.0. The van der Waals surface area contributed by atoms with Crippen LogP contribution in [0.1, 0.15) is 22.3 Å². The zero-order valence-electron chi connectivity index (χ0n) is 10.1. The summed E-state index contributed by atoms with van der Waals surface area (Å²) in [5.74, 6) is 0. The van der Waals surface area contributed by atoms with Crippen LogP contribution in [-0.4, -0.2) is 0 Å². The molecule has 0 aliphatic rings. The molecule has 2 rings (SSSR count). The lowest BCUT2D eigenvalue weighted by Gasteiger charge is -2.09. The highest BCUT2D eigenvalue weighted by atomic mass is 35.5. The van der Waals surface area contributed by atoms with Crippen LogP contribution in [0.5, 0.6) is 0 Å². The minimum Gasteiger partial charge on any atom is -0.398 e. The minimum absolute atomic E-state index is 0.661. The molecule has 0 saturated carbocycles. The molecule has 88 valence electrons. The van der Waals surface area contributed by atoms with Gasteiger partial charge in [0.15, 0.2) is 0 Å². The molecule has 0 spiro atoms. The number of halogens is 1. The quantitative estimate of drug-likeness (QED) is 0.791. The van der Waals surface area contributed by atoms with Crippen molar-refractivity contribution in [3.63, 3.8) is 0 Å². The van der Waals surface area contributed by atoms with Crippen molar-refractivity contribution in [3.8, 4) is 0 Å². The van der Waals surface area contributed by atoms with Crippen LogP contribution >= 0.6 is 11.6 Å². The molecule has 2 aromatic rings. The lowest BCUT2D eigenvalue weighted by Crippen LogP contribution is -1.95. The fourth-order valence-electron chi connectivity index (χ4n) is 2.04. The van der Waals surface area contributed by atoms with Crippen LogP contribution in [0.15, 0.2) is 36.4 Å². The van der Waals surface area contributed by atoms with E-state index in [1.54, 1.807) is 0 Å². The van der Waals surface area contributed by atoms with Crippen LogP contribution in [0, 0.1) is 13.8 Å². The smallest absolute Gasteiger partial charge is 0.0670 e. The summed E-state index contributed by atoms with van der Waals surface area (Å²) in [7, 11) is 0.